The highest BCUT2D eigenvalue weighted by molar-refractivity contribution is 5.76. The molecule has 1 aromatic heterocycles. The second kappa shape index (κ2) is 4.48. The summed E-state index contributed by atoms with van der Waals surface area (Å²) in [7, 11) is 0. The standard InChI is InChI=1S/C14H18N2O4/c17-13-5-8(20-15-13)1-4-14(18)16-6-9-10(7-16)12-3-2-11(9)19-12/h5,9-12H,1-4,6-7H2,(H,15,17)/t9-,10+,11+,12-. The first-order chi connectivity index (χ1) is 9.70. The summed E-state index contributed by atoms with van der Waals surface area (Å²) in [5.74, 6) is 1.79. The molecule has 1 N–H and O–H groups in total. The number of carbonyl (C=O) groups is 1. The van der Waals surface area contributed by atoms with Gasteiger partial charge in [-0.05, 0) is 12.8 Å². The molecule has 0 spiro atoms. The summed E-state index contributed by atoms with van der Waals surface area (Å²) in [5, 5.41) is 2.24. The molecule has 0 aromatic carbocycles. The third-order valence-corrected chi connectivity index (χ3v) is 4.97. The van der Waals surface area contributed by atoms with E-state index in [0.29, 0.717) is 42.6 Å². The zero-order valence-corrected chi connectivity index (χ0v) is 11.2. The fraction of sp³-hybridized carbons (Fsp3) is 0.714. The van der Waals surface area contributed by atoms with Crippen LogP contribution in [0.15, 0.2) is 15.4 Å². The number of hydrogen-bond acceptors (Lipinski definition) is 4. The van der Waals surface area contributed by atoms with Crippen molar-refractivity contribution in [3.63, 3.8) is 0 Å². The maximum atomic E-state index is 12.2. The molecule has 3 fully saturated rings. The van der Waals surface area contributed by atoms with Crippen LogP contribution in [-0.4, -0.2) is 41.3 Å². The third-order valence-electron chi connectivity index (χ3n) is 4.97. The van der Waals surface area contributed by atoms with Gasteiger partial charge in [-0.25, -0.2) is 0 Å². The number of aromatic amines is 1. The van der Waals surface area contributed by atoms with Gasteiger partial charge >= 0.3 is 0 Å². The Bertz CT molecular complexity index is 560. The Morgan fingerprint density at radius 2 is 2.00 bits per heavy atom. The minimum absolute atomic E-state index is 0.155. The van der Waals surface area contributed by atoms with Crippen molar-refractivity contribution in [1.29, 1.82) is 0 Å². The number of rotatable bonds is 3. The van der Waals surface area contributed by atoms with E-state index >= 15 is 0 Å². The van der Waals surface area contributed by atoms with Gasteiger partial charge in [-0.1, -0.05) is 0 Å². The number of carbonyl (C=O) groups excluding carboxylic acids is 1. The normalized spacial score (nSPS) is 34.7. The summed E-state index contributed by atoms with van der Waals surface area (Å²) in [6.45, 7) is 1.67. The highest BCUT2D eigenvalue weighted by Crippen LogP contribution is 2.47. The summed E-state index contributed by atoms with van der Waals surface area (Å²) in [6, 6.07) is 1.40. The zero-order chi connectivity index (χ0) is 13.7. The molecule has 4 rings (SSSR count). The molecule has 1 amide bonds. The van der Waals surface area contributed by atoms with Crippen molar-refractivity contribution in [3.8, 4) is 0 Å². The van der Waals surface area contributed by atoms with E-state index in [0.717, 1.165) is 25.9 Å². The number of amides is 1. The molecule has 6 heteroatoms. The van der Waals surface area contributed by atoms with Crippen molar-refractivity contribution in [3.05, 3.63) is 22.2 Å². The number of hydrogen-bond donors (Lipinski definition) is 1. The van der Waals surface area contributed by atoms with Crippen LogP contribution in [0.25, 0.3) is 0 Å². The maximum Gasteiger partial charge on any atom is 0.280 e. The lowest BCUT2D eigenvalue weighted by Gasteiger charge is -2.18. The van der Waals surface area contributed by atoms with Gasteiger partial charge in [-0.2, -0.15) is 5.16 Å². The Kier molecular flexibility index (Phi) is 2.73. The second-order valence-corrected chi connectivity index (χ2v) is 6.10. The highest BCUT2D eigenvalue weighted by atomic mass is 16.5. The average molecular weight is 278 g/mol. The smallest absolute Gasteiger partial charge is 0.280 e. The number of nitrogens with one attached hydrogen (secondary N) is 1. The number of aromatic nitrogens is 1. The fourth-order valence-corrected chi connectivity index (χ4v) is 4.00. The summed E-state index contributed by atoms with van der Waals surface area (Å²) in [5.41, 5.74) is -0.253. The van der Waals surface area contributed by atoms with Crippen molar-refractivity contribution in [1.82, 2.24) is 10.1 Å². The Morgan fingerprint density at radius 1 is 1.30 bits per heavy atom. The Labute approximate surface area is 116 Å². The van der Waals surface area contributed by atoms with Crippen molar-refractivity contribution < 1.29 is 14.1 Å². The van der Waals surface area contributed by atoms with E-state index in [-0.39, 0.29) is 11.5 Å². The first-order valence-corrected chi connectivity index (χ1v) is 7.31. The topological polar surface area (TPSA) is 75.5 Å². The molecule has 4 heterocycles. The predicted molar refractivity (Wildman–Crippen MR) is 69.1 cm³/mol. The van der Waals surface area contributed by atoms with Gasteiger partial charge in [0.15, 0.2) is 0 Å². The van der Waals surface area contributed by atoms with Crippen LogP contribution in [0.1, 0.15) is 25.0 Å². The van der Waals surface area contributed by atoms with Crippen LogP contribution in [0.3, 0.4) is 0 Å². The van der Waals surface area contributed by atoms with Gasteiger partial charge in [0.05, 0.1) is 12.2 Å². The Balaban J connectivity index is 1.35. The zero-order valence-electron chi connectivity index (χ0n) is 11.2. The van der Waals surface area contributed by atoms with Gasteiger partial charge in [-0.3, -0.25) is 9.59 Å². The number of likely N-dealkylation sites (tertiary alicyclic amines) is 1. The summed E-state index contributed by atoms with van der Waals surface area (Å²) in [4.78, 5) is 25.2. The molecule has 0 unspecified atom stereocenters. The average Bonchev–Trinajstić information content (AvgIpc) is 3.17. The molecule has 1 aromatic rings. The van der Waals surface area contributed by atoms with Crippen molar-refractivity contribution in [2.24, 2.45) is 11.8 Å². The fourth-order valence-electron chi connectivity index (χ4n) is 4.00. The second-order valence-electron chi connectivity index (χ2n) is 6.10. The molecule has 3 aliphatic rings. The van der Waals surface area contributed by atoms with E-state index < -0.39 is 0 Å². The van der Waals surface area contributed by atoms with E-state index in [4.69, 9.17) is 9.26 Å². The minimum Gasteiger partial charge on any atom is -0.384 e. The van der Waals surface area contributed by atoms with Crippen LogP contribution >= 0.6 is 0 Å². The summed E-state index contributed by atoms with van der Waals surface area (Å²) in [6.07, 6.45) is 3.95. The molecule has 2 bridgehead atoms. The monoisotopic (exact) mass is 278 g/mol. The molecule has 20 heavy (non-hydrogen) atoms. The molecule has 108 valence electrons. The number of nitrogens with zero attached hydrogens (tertiary/aromatic N) is 1. The molecular weight excluding hydrogens is 260 g/mol. The molecule has 4 atom stereocenters. The van der Waals surface area contributed by atoms with Crippen LogP contribution < -0.4 is 5.56 Å². The van der Waals surface area contributed by atoms with Gasteiger partial charge in [0.2, 0.25) is 5.91 Å². The molecule has 0 aliphatic carbocycles. The summed E-state index contributed by atoms with van der Waals surface area (Å²) < 4.78 is 10.9. The van der Waals surface area contributed by atoms with Gasteiger partial charge in [0.1, 0.15) is 5.76 Å². The number of fused-ring (bicyclic) bond motifs is 5. The largest absolute Gasteiger partial charge is 0.384 e. The van der Waals surface area contributed by atoms with Gasteiger partial charge in [0, 0.05) is 43.8 Å². The van der Waals surface area contributed by atoms with E-state index in [2.05, 4.69) is 5.16 Å². The van der Waals surface area contributed by atoms with Crippen molar-refractivity contribution in [2.45, 2.75) is 37.9 Å². The first-order valence-electron chi connectivity index (χ1n) is 7.31. The first kappa shape index (κ1) is 12.2. The number of aryl methyl sites for hydroxylation is 1. The lowest BCUT2D eigenvalue weighted by Crippen LogP contribution is -2.31. The molecule has 3 saturated heterocycles. The van der Waals surface area contributed by atoms with Crippen LogP contribution in [0.5, 0.6) is 0 Å². The minimum atomic E-state index is -0.253. The van der Waals surface area contributed by atoms with E-state index in [9.17, 15) is 9.59 Å². The van der Waals surface area contributed by atoms with Crippen LogP contribution in [0, 0.1) is 11.8 Å². The van der Waals surface area contributed by atoms with Gasteiger partial charge in [-0.15, -0.1) is 0 Å². The Hall–Kier alpha value is -1.56. The Morgan fingerprint density at radius 3 is 2.60 bits per heavy atom. The van der Waals surface area contributed by atoms with E-state index in [1.807, 2.05) is 4.90 Å². The van der Waals surface area contributed by atoms with Crippen LogP contribution in [0.4, 0.5) is 0 Å². The van der Waals surface area contributed by atoms with Crippen molar-refractivity contribution >= 4 is 5.91 Å². The molecule has 3 aliphatic heterocycles. The van der Waals surface area contributed by atoms with E-state index in [1.54, 1.807) is 0 Å². The van der Waals surface area contributed by atoms with Gasteiger partial charge < -0.3 is 14.2 Å². The lowest BCUT2D eigenvalue weighted by molar-refractivity contribution is -0.130. The van der Waals surface area contributed by atoms with Gasteiger partial charge in [0.25, 0.3) is 5.56 Å². The predicted octanol–water partition coefficient (Wildman–Crippen LogP) is 0.536. The molecule has 6 nitrogen and oxygen atoms in total. The van der Waals surface area contributed by atoms with E-state index in [1.165, 1.54) is 6.07 Å². The quantitative estimate of drug-likeness (QED) is 0.875. The number of H-pyrrole nitrogens is 1. The molecular formula is C14H18N2O4. The SMILES string of the molecule is O=C(CCc1cc(=O)[nH]o1)N1C[C@@H]2[C@H](C1)[C@H]1CC[C@@H]2O1. The highest BCUT2D eigenvalue weighted by Gasteiger charge is 2.53. The van der Waals surface area contributed by atoms with Crippen molar-refractivity contribution in [2.75, 3.05) is 13.1 Å². The van der Waals surface area contributed by atoms with Crippen LogP contribution in [-0.2, 0) is 16.0 Å². The van der Waals surface area contributed by atoms with Crippen LogP contribution in [0.2, 0.25) is 0 Å². The molecule has 0 saturated carbocycles. The third kappa shape index (κ3) is 1.90. The number of ether oxygens (including phenoxy) is 1. The molecule has 0 radical (unpaired) electrons. The summed E-state index contributed by atoms with van der Waals surface area (Å²) >= 11 is 0. The maximum absolute atomic E-state index is 12.2. The lowest BCUT2D eigenvalue weighted by atomic mass is 9.82.